The SMILES string of the molecule is CC1C=C(CO)C2(C)C1CCC1(C)C3CCC4(C=O)CCCC(C)C4C3=CCC12.CO. The van der Waals surface area contributed by atoms with Crippen molar-refractivity contribution in [2.24, 2.45) is 51.8 Å². The van der Waals surface area contributed by atoms with Crippen LogP contribution >= 0.6 is 0 Å². The van der Waals surface area contributed by atoms with E-state index < -0.39 is 0 Å². The van der Waals surface area contributed by atoms with Crippen LogP contribution in [0.25, 0.3) is 0 Å². The lowest BCUT2D eigenvalue weighted by Gasteiger charge is -2.64. The molecule has 3 heteroatoms. The van der Waals surface area contributed by atoms with Crippen LogP contribution in [-0.4, -0.2) is 30.2 Å². The van der Waals surface area contributed by atoms with E-state index in [4.69, 9.17) is 5.11 Å². The van der Waals surface area contributed by atoms with Gasteiger partial charge in [-0.15, -0.1) is 0 Å². The molecule has 5 aliphatic rings. The molecule has 31 heavy (non-hydrogen) atoms. The molecule has 5 aliphatic carbocycles. The van der Waals surface area contributed by atoms with Crippen LogP contribution < -0.4 is 0 Å². The fourth-order valence-electron chi connectivity index (χ4n) is 9.73. The van der Waals surface area contributed by atoms with E-state index >= 15 is 0 Å². The van der Waals surface area contributed by atoms with E-state index in [1.54, 1.807) is 5.57 Å². The van der Waals surface area contributed by atoms with Gasteiger partial charge in [-0.2, -0.15) is 0 Å². The van der Waals surface area contributed by atoms with Crippen molar-refractivity contribution in [3.63, 3.8) is 0 Å². The number of hydrogen-bond donors (Lipinski definition) is 2. The summed E-state index contributed by atoms with van der Waals surface area (Å²) in [4.78, 5) is 12.4. The molecule has 0 heterocycles. The molecule has 0 aromatic carbocycles. The summed E-state index contributed by atoms with van der Waals surface area (Å²) in [6, 6.07) is 0. The van der Waals surface area contributed by atoms with Gasteiger partial charge in [0.2, 0.25) is 0 Å². The molecule has 0 radical (unpaired) electrons. The minimum Gasteiger partial charge on any atom is -0.400 e. The molecule has 0 spiro atoms. The lowest BCUT2D eigenvalue weighted by atomic mass is 9.40. The average molecular weight is 429 g/mol. The highest BCUT2D eigenvalue weighted by Crippen LogP contribution is 2.71. The summed E-state index contributed by atoms with van der Waals surface area (Å²) in [5, 5.41) is 17.2. The van der Waals surface area contributed by atoms with Crippen molar-refractivity contribution in [2.75, 3.05) is 13.7 Å². The van der Waals surface area contributed by atoms with Crippen molar-refractivity contribution in [2.45, 2.75) is 79.1 Å². The molecule has 0 aromatic rings. The molecule has 174 valence electrons. The second-order valence-corrected chi connectivity index (χ2v) is 11.9. The number of allylic oxidation sites excluding steroid dienone is 3. The predicted octanol–water partition coefficient (Wildman–Crippen LogP) is 5.56. The summed E-state index contributed by atoms with van der Waals surface area (Å²) in [5.41, 5.74) is 3.34. The van der Waals surface area contributed by atoms with E-state index in [2.05, 4.69) is 39.8 Å². The Hall–Kier alpha value is -0.930. The summed E-state index contributed by atoms with van der Waals surface area (Å²) >= 11 is 0. The molecule has 0 aromatic heterocycles. The first-order valence-corrected chi connectivity index (χ1v) is 12.7. The van der Waals surface area contributed by atoms with Crippen molar-refractivity contribution in [1.29, 1.82) is 0 Å². The van der Waals surface area contributed by atoms with Crippen LogP contribution in [0.4, 0.5) is 0 Å². The van der Waals surface area contributed by atoms with Crippen LogP contribution in [0.1, 0.15) is 79.1 Å². The predicted molar refractivity (Wildman–Crippen MR) is 125 cm³/mol. The fraction of sp³-hybridized carbons (Fsp3) is 0.821. The van der Waals surface area contributed by atoms with Gasteiger partial charge in [-0.3, -0.25) is 0 Å². The molecule has 0 amide bonds. The summed E-state index contributed by atoms with van der Waals surface area (Å²) in [6.07, 6.45) is 16.0. The van der Waals surface area contributed by atoms with Crippen molar-refractivity contribution in [1.82, 2.24) is 0 Å². The Morgan fingerprint density at radius 2 is 1.84 bits per heavy atom. The van der Waals surface area contributed by atoms with Crippen molar-refractivity contribution < 1.29 is 15.0 Å². The average Bonchev–Trinajstić information content (AvgIpc) is 3.04. The zero-order valence-corrected chi connectivity index (χ0v) is 20.4. The quantitative estimate of drug-likeness (QED) is 0.447. The van der Waals surface area contributed by atoms with E-state index in [9.17, 15) is 9.90 Å². The van der Waals surface area contributed by atoms with E-state index in [0.29, 0.717) is 40.9 Å². The van der Waals surface area contributed by atoms with Crippen LogP contribution in [0, 0.1) is 51.8 Å². The van der Waals surface area contributed by atoms with Crippen molar-refractivity contribution >= 4 is 6.29 Å². The molecule has 3 nitrogen and oxygen atoms in total. The maximum absolute atomic E-state index is 12.4. The van der Waals surface area contributed by atoms with Gasteiger partial charge in [-0.25, -0.2) is 0 Å². The summed E-state index contributed by atoms with van der Waals surface area (Å²) in [5.74, 6) is 3.64. The van der Waals surface area contributed by atoms with Gasteiger partial charge in [-0.1, -0.05) is 58.3 Å². The zero-order valence-electron chi connectivity index (χ0n) is 20.4. The summed E-state index contributed by atoms with van der Waals surface area (Å²) < 4.78 is 0. The van der Waals surface area contributed by atoms with E-state index in [1.165, 1.54) is 44.0 Å². The lowest BCUT2D eigenvalue weighted by Crippen LogP contribution is -2.57. The molecule has 3 saturated carbocycles. The van der Waals surface area contributed by atoms with E-state index in [1.807, 2.05) is 0 Å². The van der Waals surface area contributed by atoms with Gasteiger partial charge in [0, 0.05) is 12.5 Å². The van der Waals surface area contributed by atoms with Gasteiger partial charge < -0.3 is 15.0 Å². The van der Waals surface area contributed by atoms with Gasteiger partial charge in [0.1, 0.15) is 6.29 Å². The Morgan fingerprint density at radius 3 is 2.52 bits per heavy atom. The summed E-state index contributed by atoms with van der Waals surface area (Å²) in [6.45, 7) is 10.0. The molecular weight excluding hydrogens is 384 g/mol. The Bertz CT molecular complexity index is 768. The van der Waals surface area contributed by atoms with Gasteiger partial charge >= 0.3 is 0 Å². The first kappa shape index (κ1) is 23.2. The molecule has 0 saturated heterocycles. The topological polar surface area (TPSA) is 57.5 Å². The minimum absolute atomic E-state index is 0.0810. The first-order chi connectivity index (χ1) is 14.8. The van der Waals surface area contributed by atoms with Crippen LogP contribution in [-0.2, 0) is 4.79 Å². The minimum atomic E-state index is -0.0810. The monoisotopic (exact) mass is 428 g/mol. The zero-order chi connectivity index (χ0) is 22.6. The molecule has 2 N–H and O–H groups in total. The molecule has 3 fully saturated rings. The first-order valence-electron chi connectivity index (χ1n) is 12.7. The lowest BCUT2D eigenvalue weighted by molar-refractivity contribution is -0.130. The fourth-order valence-corrected chi connectivity index (χ4v) is 9.73. The number of aliphatic hydroxyl groups excluding tert-OH is 2. The number of carbonyl (C=O) groups excluding carboxylic acids is 1. The number of aldehydes is 1. The molecule has 0 aliphatic heterocycles. The highest BCUT2D eigenvalue weighted by molar-refractivity contribution is 5.62. The highest BCUT2D eigenvalue weighted by atomic mass is 16.3. The Labute approximate surface area is 189 Å². The third kappa shape index (κ3) is 3.01. The molecule has 9 atom stereocenters. The number of fused-ring (bicyclic) bond motifs is 7. The maximum atomic E-state index is 12.4. The van der Waals surface area contributed by atoms with Gasteiger partial charge in [0.05, 0.1) is 6.61 Å². The number of aliphatic hydroxyl groups is 2. The summed E-state index contributed by atoms with van der Waals surface area (Å²) in [7, 11) is 1.00. The third-order valence-electron chi connectivity index (χ3n) is 11.0. The Kier molecular flexibility index (Phi) is 6.10. The number of rotatable bonds is 2. The maximum Gasteiger partial charge on any atom is 0.126 e. The van der Waals surface area contributed by atoms with E-state index in [-0.39, 0.29) is 17.4 Å². The second-order valence-electron chi connectivity index (χ2n) is 11.9. The standard InChI is InChI=1S/C27H40O2.CH4O/c1-17-6-5-11-27(16-29)13-10-22-20(24(17)27)7-8-23-25(22,3)12-9-21-18(2)14-19(15-28)26(21,23)4;1-2/h7,14,16-18,21-24,28H,5-6,8-13,15H2,1-4H3;2H,1H3. The van der Waals surface area contributed by atoms with E-state index in [0.717, 1.165) is 26.4 Å². The number of carbonyl (C=O) groups is 1. The van der Waals surface area contributed by atoms with Crippen LogP contribution in [0.15, 0.2) is 23.3 Å². The third-order valence-corrected chi connectivity index (χ3v) is 11.0. The highest BCUT2D eigenvalue weighted by Gasteiger charge is 2.63. The Balaban J connectivity index is 0.00000112. The van der Waals surface area contributed by atoms with Crippen LogP contribution in [0.5, 0.6) is 0 Å². The second kappa shape index (κ2) is 8.13. The molecule has 5 rings (SSSR count). The van der Waals surface area contributed by atoms with Crippen LogP contribution in [0.2, 0.25) is 0 Å². The Morgan fingerprint density at radius 1 is 1.10 bits per heavy atom. The van der Waals surface area contributed by atoms with Gasteiger partial charge in [0.25, 0.3) is 0 Å². The van der Waals surface area contributed by atoms with Crippen molar-refractivity contribution in [3.8, 4) is 0 Å². The van der Waals surface area contributed by atoms with Gasteiger partial charge in [-0.05, 0) is 90.4 Å². The smallest absolute Gasteiger partial charge is 0.126 e. The molecule has 9 unspecified atom stereocenters. The number of hydrogen-bond acceptors (Lipinski definition) is 3. The van der Waals surface area contributed by atoms with Gasteiger partial charge in [0.15, 0.2) is 0 Å². The largest absolute Gasteiger partial charge is 0.400 e. The van der Waals surface area contributed by atoms with Crippen LogP contribution in [0.3, 0.4) is 0 Å². The van der Waals surface area contributed by atoms with Crippen molar-refractivity contribution in [3.05, 3.63) is 23.3 Å². The normalized spacial score (nSPS) is 50.4. The molecular formula is C28H44O3. The molecule has 0 bridgehead atoms.